The second-order valence-corrected chi connectivity index (χ2v) is 3.85. The van der Waals surface area contributed by atoms with Gasteiger partial charge in [0.05, 0.1) is 6.61 Å². The van der Waals surface area contributed by atoms with Gasteiger partial charge in [0, 0.05) is 7.05 Å². The number of hydrazine groups is 1. The number of nitrogens with one attached hydrogen (secondary N) is 2. The Labute approximate surface area is 73.6 Å². The maximum absolute atomic E-state index is 10.8. The Morgan fingerprint density at radius 3 is 2.42 bits per heavy atom. The lowest BCUT2D eigenvalue weighted by molar-refractivity contribution is -0.127. The first-order valence-electron chi connectivity index (χ1n) is 3.99. The van der Waals surface area contributed by atoms with Gasteiger partial charge in [0.1, 0.15) is 6.61 Å². The highest BCUT2D eigenvalue weighted by Crippen LogP contribution is 2.12. The largest absolute Gasteiger partial charge is 0.371 e. The van der Waals surface area contributed by atoms with Crippen LogP contribution in [0.5, 0.6) is 0 Å². The van der Waals surface area contributed by atoms with Gasteiger partial charge in [0.25, 0.3) is 5.91 Å². The van der Waals surface area contributed by atoms with Crippen LogP contribution in [-0.2, 0) is 9.53 Å². The van der Waals surface area contributed by atoms with Crippen LogP contribution in [0.15, 0.2) is 0 Å². The van der Waals surface area contributed by atoms with E-state index in [0.29, 0.717) is 6.61 Å². The Morgan fingerprint density at radius 1 is 1.42 bits per heavy atom. The standard InChI is InChI=1S/C8H18N2O2/c1-8(2,3)6-12-5-7(11)10-9-4/h9H,5-6H2,1-4H3,(H,10,11). The number of ether oxygens (including phenoxy) is 1. The maximum atomic E-state index is 10.8. The summed E-state index contributed by atoms with van der Waals surface area (Å²) in [4.78, 5) is 10.8. The third kappa shape index (κ3) is 7.50. The van der Waals surface area contributed by atoms with E-state index in [-0.39, 0.29) is 17.9 Å². The Bertz CT molecular complexity index is 140. The van der Waals surface area contributed by atoms with Crippen molar-refractivity contribution in [2.45, 2.75) is 20.8 Å². The van der Waals surface area contributed by atoms with Crippen LogP contribution in [0.3, 0.4) is 0 Å². The highest BCUT2D eigenvalue weighted by molar-refractivity contribution is 5.76. The van der Waals surface area contributed by atoms with E-state index in [4.69, 9.17) is 4.74 Å². The van der Waals surface area contributed by atoms with Crippen molar-refractivity contribution in [2.24, 2.45) is 5.41 Å². The fourth-order valence-corrected chi connectivity index (χ4v) is 0.625. The number of hydrogen-bond acceptors (Lipinski definition) is 3. The minimum atomic E-state index is -0.151. The first kappa shape index (κ1) is 11.4. The lowest BCUT2D eigenvalue weighted by atomic mass is 9.99. The summed E-state index contributed by atoms with van der Waals surface area (Å²) in [6.45, 7) is 6.87. The van der Waals surface area contributed by atoms with Crippen LogP contribution in [0, 0.1) is 5.41 Å². The number of amides is 1. The normalized spacial score (nSPS) is 11.3. The summed E-state index contributed by atoms with van der Waals surface area (Å²) in [6.07, 6.45) is 0. The lowest BCUT2D eigenvalue weighted by Crippen LogP contribution is -2.37. The Morgan fingerprint density at radius 2 is 2.00 bits per heavy atom. The monoisotopic (exact) mass is 174 g/mol. The third-order valence-corrected chi connectivity index (χ3v) is 1.03. The molecule has 4 heteroatoms. The van der Waals surface area contributed by atoms with Crippen molar-refractivity contribution in [3.05, 3.63) is 0 Å². The third-order valence-electron chi connectivity index (χ3n) is 1.03. The summed E-state index contributed by atoms with van der Waals surface area (Å²) in [7, 11) is 1.64. The van der Waals surface area contributed by atoms with Gasteiger partial charge >= 0.3 is 0 Å². The molecule has 2 N–H and O–H groups in total. The van der Waals surface area contributed by atoms with Crippen molar-refractivity contribution in [3.63, 3.8) is 0 Å². The Hall–Kier alpha value is -0.610. The lowest BCUT2D eigenvalue weighted by Gasteiger charge is -2.17. The maximum Gasteiger partial charge on any atom is 0.260 e. The molecule has 0 aliphatic rings. The fraction of sp³-hybridized carbons (Fsp3) is 0.875. The van der Waals surface area contributed by atoms with E-state index < -0.39 is 0 Å². The van der Waals surface area contributed by atoms with Crippen LogP contribution in [0.25, 0.3) is 0 Å². The molecule has 0 aromatic carbocycles. The van der Waals surface area contributed by atoms with E-state index in [1.54, 1.807) is 7.05 Å². The van der Waals surface area contributed by atoms with Crippen LogP contribution >= 0.6 is 0 Å². The molecule has 0 aromatic rings. The van der Waals surface area contributed by atoms with Crippen LogP contribution in [0.4, 0.5) is 0 Å². The van der Waals surface area contributed by atoms with Gasteiger partial charge < -0.3 is 4.74 Å². The Balaban J connectivity index is 3.37. The number of carbonyl (C=O) groups excluding carboxylic acids is 1. The predicted octanol–water partition coefficient (Wildman–Crippen LogP) is 0.300. The minimum absolute atomic E-state index is 0.109. The van der Waals surface area contributed by atoms with Crippen LogP contribution in [-0.4, -0.2) is 26.2 Å². The van der Waals surface area contributed by atoms with Gasteiger partial charge in [-0.2, -0.15) is 0 Å². The molecule has 0 unspecified atom stereocenters. The summed E-state index contributed by atoms with van der Waals surface area (Å²) in [5.41, 5.74) is 5.06. The Kier molecular flexibility index (Phi) is 4.85. The summed E-state index contributed by atoms with van der Waals surface area (Å²) in [5.74, 6) is -0.151. The van der Waals surface area contributed by atoms with Gasteiger partial charge in [-0.1, -0.05) is 20.8 Å². The molecule has 0 saturated carbocycles. The molecular formula is C8H18N2O2. The molecule has 0 radical (unpaired) electrons. The highest BCUT2D eigenvalue weighted by Gasteiger charge is 2.10. The molecule has 0 aliphatic heterocycles. The molecule has 0 atom stereocenters. The zero-order chi connectivity index (χ0) is 9.61. The van der Waals surface area contributed by atoms with Gasteiger partial charge in [0.2, 0.25) is 0 Å². The van der Waals surface area contributed by atoms with E-state index in [1.165, 1.54) is 0 Å². The van der Waals surface area contributed by atoms with Crippen molar-refractivity contribution in [1.82, 2.24) is 10.9 Å². The molecule has 0 heterocycles. The van der Waals surface area contributed by atoms with E-state index in [1.807, 2.05) is 0 Å². The molecule has 0 spiro atoms. The fourth-order valence-electron chi connectivity index (χ4n) is 0.625. The van der Waals surface area contributed by atoms with Crippen molar-refractivity contribution in [2.75, 3.05) is 20.3 Å². The molecular weight excluding hydrogens is 156 g/mol. The van der Waals surface area contributed by atoms with Crippen LogP contribution in [0.2, 0.25) is 0 Å². The first-order chi connectivity index (χ1) is 5.45. The van der Waals surface area contributed by atoms with Crippen molar-refractivity contribution in [1.29, 1.82) is 0 Å². The molecule has 0 saturated heterocycles. The minimum Gasteiger partial charge on any atom is -0.371 e. The topological polar surface area (TPSA) is 50.4 Å². The summed E-state index contributed by atoms with van der Waals surface area (Å²) in [6, 6.07) is 0. The summed E-state index contributed by atoms with van der Waals surface area (Å²) < 4.78 is 5.16. The average Bonchev–Trinajstić information content (AvgIpc) is 1.84. The number of carbonyl (C=O) groups is 1. The van der Waals surface area contributed by atoms with Crippen molar-refractivity contribution >= 4 is 5.91 Å². The van der Waals surface area contributed by atoms with Gasteiger partial charge in [-0.15, -0.1) is 0 Å². The molecule has 72 valence electrons. The predicted molar refractivity (Wildman–Crippen MR) is 47.5 cm³/mol. The molecule has 0 rings (SSSR count). The second-order valence-electron chi connectivity index (χ2n) is 3.85. The van der Waals surface area contributed by atoms with Crippen molar-refractivity contribution in [3.8, 4) is 0 Å². The van der Waals surface area contributed by atoms with Crippen LogP contribution < -0.4 is 10.9 Å². The number of rotatable bonds is 4. The highest BCUT2D eigenvalue weighted by atomic mass is 16.5. The zero-order valence-corrected chi connectivity index (χ0v) is 8.23. The molecule has 0 fully saturated rings. The first-order valence-corrected chi connectivity index (χ1v) is 3.99. The molecule has 12 heavy (non-hydrogen) atoms. The molecule has 1 amide bonds. The second kappa shape index (κ2) is 5.11. The molecule has 4 nitrogen and oxygen atoms in total. The zero-order valence-electron chi connectivity index (χ0n) is 8.23. The van der Waals surface area contributed by atoms with E-state index in [2.05, 4.69) is 31.6 Å². The quantitative estimate of drug-likeness (QED) is 0.603. The van der Waals surface area contributed by atoms with Gasteiger partial charge in [-0.3, -0.25) is 10.2 Å². The summed E-state index contributed by atoms with van der Waals surface area (Å²) in [5, 5.41) is 0. The van der Waals surface area contributed by atoms with Gasteiger partial charge in [-0.25, -0.2) is 5.43 Å². The molecule has 0 aliphatic carbocycles. The van der Waals surface area contributed by atoms with Gasteiger partial charge in [-0.05, 0) is 5.41 Å². The average molecular weight is 174 g/mol. The van der Waals surface area contributed by atoms with E-state index in [0.717, 1.165) is 0 Å². The van der Waals surface area contributed by atoms with Crippen molar-refractivity contribution < 1.29 is 9.53 Å². The smallest absolute Gasteiger partial charge is 0.260 e. The molecule has 0 bridgehead atoms. The van der Waals surface area contributed by atoms with Crippen LogP contribution in [0.1, 0.15) is 20.8 Å². The van der Waals surface area contributed by atoms with E-state index >= 15 is 0 Å². The SMILES string of the molecule is CNNC(=O)COCC(C)(C)C. The van der Waals surface area contributed by atoms with E-state index in [9.17, 15) is 4.79 Å². The van der Waals surface area contributed by atoms with Gasteiger partial charge in [0.15, 0.2) is 0 Å². The summed E-state index contributed by atoms with van der Waals surface area (Å²) >= 11 is 0. The molecule has 0 aromatic heterocycles. The number of hydrogen-bond donors (Lipinski definition) is 2.